The highest BCUT2D eigenvalue weighted by Crippen LogP contribution is 2.39. The van der Waals surface area contributed by atoms with Crippen molar-refractivity contribution in [3.8, 4) is 0 Å². The van der Waals surface area contributed by atoms with Crippen LogP contribution in [0.4, 0.5) is 8.78 Å². The Kier molecular flexibility index (Phi) is 4.97. The molecule has 1 aliphatic carbocycles. The second-order valence-corrected chi connectivity index (χ2v) is 6.22. The molecule has 0 unspecified atom stereocenters. The van der Waals surface area contributed by atoms with Crippen LogP contribution >= 0.6 is 0 Å². The van der Waals surface area contributed by atoms with Crippen molar-refractivity contribution >= 4 is 0 Å². The number of rotatable bonds is 4. The maximum atomic E-state index is 13.8. The van der Waals surface area contributed by atoms with Gasteiger partial charge in [-0.1, -0.05) is 38.5 Å². The summed E-state index contributed by atoms with van der Waals surface area (Å²) in [5.74, 6) is -1.02. The van der Waals surface area contributed by atoms with Gasteiger partial charge in [0.25, 0.3) is 0 Å². The van der Waals surface area contributed by atoms with Gasteiger partial charge in [0.1, 0.15) is 0 Å². The number of hydrogen-bond donors (Lipinski definition) is 0. The molecule has 0 N–H and O–H groups in total. The molecule has 114 valence electrons. The second-order valence-electron chi connectivity index (χ2n) is 6.22. The van der Waals surface area contributed by atoms with E-state index in [-0.39, 0.29) is 5.92 Å². The van der Waals surface area contributed by atoms with Crippen LogP contribution in [0.5, 0.6) is 0 Å². The quantitative estimate of drug-likeness (QED) is 0.644. The lowest BCUT2D eigenvalue weighted by Crippen LogP contribution is -2.14. The number of hydrogen-bond acceptors (Lipinski definition) is 0. The molecule has 0 saturated heterocycles. The summed E-state index contributed by atoms with van der Waals surface area (Å²) in [4.78, 5) is 0. The van der Waals surface area contributed by atoms with Crippen molar-refractivity contribution in [1.82, 2.24) is 0 Å². The topological polar surface area (TPSA) is 0 Å². The first kappa shape index (κ1) is 15.9. The van der Waals surface area contributed by atoms with E-state index in [1.54, 1.807) is 0 Å². The van der Waals surface area contributed by atoms with Gasteiger partial charge in [0.2, 0.25) is 0 Å². The molecule has 0 saturated carbocycles. The molecule has 0 spiro atoms. The predicted octanol–water partition coefficient (Wildman–Crippen LogP) is 5.93. The van der Waals surface area contributed by atoms with Gasteiger partial charge in [-0.05, 0) is 60.9 Å². The van der Waals surface area contributed by atoms with Gasteiger partial charge in [-0.2, -0.15) is 0 Å². The zero-order valence-corrected chi connectivity index (χ0v) is 13.3. The lowest BCUT2D eigenvalue weighted by atomic mass is 9.76. The van der Waals surface area contributed by atoms with E-state index in [1.807, 2.05) is 6.92 Å². The molecular weight excluding hydrogens is 266 g/mol. The molecule has 0 bridgehead atoms. The summed E-state index contributed by atoms with van der Waals surface area (Å²) in [5, 5.41) is 0. The van der Waals surface area contributed by atoms with Crippen LogP contribution in [-0.2, 0) is 6.42 Å². The van der Waals surface area contributed by atoms with Gasteiger partial charge in [0.15, 0.2) is 11.6 Å². The van der Waals surface area contributed by atoms with Crippen molar-refractivity contribution in [2.45, 2.75) is 52.9 Å². The Morgan fingerprint density at radius 2 is 1.81 bits per heavy atom. The Morgan fingerprint density at radius 1 is 1.14 bits per heavy atom. The van der Waals surface area contributed by atoms with Gasteiger partial charge in [-0.15, -0.1) is 0 Å². The van der Waals surface area contributed by atoms with Crippen molar-refractivity contribution in [2.24, 2.45) is 5.92 Å². The van der Waals surface area contributed by atoms with E-state index in [9.17, 15) is 8.78 Å². The van der Waals surface area contributed by atoms with Crippen LogP contribution < -0.4 is 0 Å². The third kappa shape index (κ3) is 3.25. The summed E-state index contributed by atoms with van der Waals surface area (Å²) in [6.45, 7) is 8.44. The summed E-state index contributed by atoms with van der Waals surface area (Å²) in [6, 6.07) is 2.77. The van der Waals surface area contributed by atoms with Crippen LogP contribution in [0.3, 0.4) is 0 Å². The minimum Gasteiger partial charge on any atom is -0.204 e. The summed E-state index contributed by atoms with van der Waals surface area (Å²) in [7, 11) is 0. The van der Waals surface area contributed by atoms with Gasteiger partial charge >= 0.3 is 0 Å². The van der Waals surface area contributed by atoms with Crippen LogP contribution in [0.2, 0.25) is 0 Å². The Bertz CT molecular complexity index is 579. The van der Waals surface area contributed by atoms with Crippen LogP contribution in [0.25, 0.3) is 0 Å². The third-order valence-electron chi connectivity index (χ3n) is 4.38. The fourth-order valence-corrected chi connectivity index (χ4v) is 3.25. The maximum Gasteiger partial charge on any atom is 0.159 e. The predicted molar refractivity (Wildman–Crippen MR) is 84.4 cm³/mol. The molecule has 1 aliphatic rings. The molecule has 0 aliphatic heterocycles. The van der Waals surface area contributed by atoms with Crippen molar-refractivity contribution < 1.29 is 8.78 Å². The highest BCUT2D eigenvalue weighted by atomic mass is 19.2. The van der Waals surface area contributed by atoms with Gasteiger partial charge in [0.05, 0.1) is 0 Å². The van der Waals surface area contributed by atoms with Gasteiger partial charge in [-0.3, -0.25) is 0 Å². The monoisotopic (exact) mass is 290 g/mol. The molecule has 2 heteroatoms. The molecule has 0 amide bonds. The van der Waals surface area contributed by atoms with Crippen molar-refractivity contribution in [1.29, 1.82) is 0 Å². The molecule has 0 radical (unpaired) electrons. The summed E-state index contributed by atoms with van der Waals surface area (Å²) in [6.07, 6.45) is 7.19. The summed E-state index contributed by atoms with van der Waals surface area (Å²) in [5.41, 5.74) is 4.49. The first-order valence-electron chi connectivity index (χ1n) is 7.79. The highest BCUT2D eigenvalue weighted by molar-refractivity contribution is 5.44. The average Bonchev–Trinajstić information content (AvgIpc) is 2.44. The number of halogens is 2. The van der Waals surface area contributed by atoms with E-state index in [0.717, 1.165) is 24.0 Å². The van der Waals surface area contributed by atoms with Crippen molar-refractivity contribution in [3.05, 3.63) is 58.2 Å². The Labute approximate surface area is 126 Å². The zero-order chi connectivity index (χ0) is 15.6. The number of aryl methyl sites for hydroxylation is 1. The fourth-order valence-electron chi connectivity index (χ4n) is 3.25. The maximum absolute atomic E-state index is 13.8. The van der Waals surface area contributed by atoms with Crippen LogP contribution in [-0.4, -0.2) is 0 Å². The number of benzene rings is 1. The smallest absolute Gasteiger partial charge is 0.159 e. The Morgan fingerprint density at radius 3 is 2.38 bits per heavy atom. The van der Waals surface area contributed by atoms with Crippen molar-refractivity contribution in [3.63, 3.8) is 0 Å². The molecule has 2 rings (SSSR count). The molecule has 21 heavy (non-hydrogen) atoms. The molecule has 1 aromatic rings. The average molecular weight is 290 g/mol. The SMILES string of the molecule is CCc1cc(F)c(F)cc1[C@@H](C1=C(C)CCC=C1)C(C)C. The Balaban J connectivity index is 2.59. The first-order chi connectivity index (χ1) is 9.95. The van der Waals surface area contributed by atoms with Gasteiger partial charge in [-0.25, -0.2) is 8.78 Å². The van der Waals surface area contributed by atoms with E-state index >= 15 is 0 Å². The van der Waals surface area contributed by atoms with E-state index in [2.05, 4.69) is 32.9 Å². The third-order valence-corrected chi connectivity index (χ3v) is 4.38. The number of allylic oxidation sites excluding steroid dienone is 4. The van der Waals surface area contributed by atoms with Crippen LogP contribution in [0.1, 0.15) is 57.6 Å². The van der Waals surface area contributed by atoms with Gasteiger partial charge in [0, 0.05) is 5.92 Å². The van der Waals surface area contributed by atoms with Crippen LogP contribution in [0, 0.1) is 17.6 Å². The lowest BCUT2D eigenvalue weighted by Gasteiger charge is -2.28. The molecule has 1 aromatic carbocycles. The van der Waals surface area contributed by atoms with E-state index in [1.165, 1.54) is 23.3 Å². The van der Waals surface area contributed by atoms with E-state index < -0.39 is 11.6 Å². The first-order valence-corrected chi connectivity index (χ1v) is 7.79. The lowest BCUT2D eigenvalue weighted by molar-refractivity contribution is 0.496. The minimum absolute atomic E-state index is 0.131. The zero-order valence-electron chi connectivity index (χ0n) is 13.3. The van der Waals surface area contributed by atoms with Crippen molar-refractivity contribution in [2.75, 3.05) is 0 Å². The minimum atomic E-state index is -0.747. The molecule has 0 aromatic heterocycles. The summed E-state index contributed by atoms with van der Waals surface area (Å²) >= 11 is 0. The molecule has 0 nitrogen and oxygen atoms in total. The van der Waals surface area contributed by atoms with Crippen LogP contribution in [0.15, 0.2) is 35.4 Å². The fraction of sp³-hybridized carbons (Fsp3) is 0.474. The van der Waals surface area contributed by atoms with E-state index in [4.69, 9.17) is 0 Å². The Hall–Kier alpha value is -1.44. The van der Waals surface area contributed by atoms with Gasteiger partial charge < -0.3 is 0 Å². The molecular formula is C19H24F2. The molecule has 1 atom stereocenters. The largest absolute Gasteiger partial charge is 0.204 e. The molecule has 0 heterocycles. The highest BCUT2D eigenvalue weighted by Gasteiger charge is 2.25. The summed E-state index contributed by atoms with van der Waals surface area (Å²) < 4.78 is 27.3. The molecule has 0 fully saturated rings. The standard InChI is InChI=1S/C19H24F2/c1-5-14-10-17(20)18(21)11-16(14)19(12(2)3)15-9-7-6-8-13(15)4/h7,9-12,19H,5-6,8H2,1-4H3/t19-/m1/s1. The second kappa shape index (κ2) is 6.55. The normalized spacial score (nSPS) is 16.7. The van der Waals surface area contributed by atoms with E-state index in [0.29, 0.717) is 12.3 Å².